The fourth-order valence-electron chi connectivity index (χ4n) is 3.92. The van der Waals surface area contributed by atoms with Gasteiger partial charge in [-0.15, -0.1) is 11.3 Å². The average Bonchev–Trinajstić information content (AvgIpc) is 3.12. The van der Waals surface area contributed by atoms with Crippen molar-refractivity contribution < 1.29 is 9.50 Å². The number of benzene rings is 3. The third-order valence-corrected chi connectivity index (χ3v) is 6.33. The summed E-state index contributed by atoms with van der Waals surface area (Å²) in [5, 5.41) is 11.4. The van der Waals surface area contributed by atoms with Crippen LogP contribution < -0.4 is 0 Å². The van der Waals surface area contributed by atoms with Gasteiger partial charge in [0, 0.05) is 5.41 Å². The molecule has 0 spiro atoms. The van der Waals surface area contributed by atoms with Crippen LogP contribution in [0.25, 0.3) is 31.9 Å². The Hall–Kier alpha value is -2.72. The molecule has 3 aromatic carbocycles. The van der Waals surface area contributed by atoms with Gasteiger partial charge in [0.15, 0.2) is 0 Å². The maximum Gasteiger partial charge on any atom is 0.128 e. The van der Waals surface area contributed by atoms with Gasteiger partial charge in [0.25, 0.3) is 0 Å². The van der Waals surface area contributed by atoms with E-state index in [-0.39, 0.29) is 17.0 Å². The van der Waals surface area contributed by atoms with E-state index in [2.05, 4.69) is 37.0 Å². The standard InChI is InChI=1S/C22H16FNOS/c1-22(2)16-6-4-3-5-13(16)14-10-15(19(25)11-17(14)22)21-24-18-8-7-12(23)9-20(18)26-21/h3-11,25H,1-2H3. The minimum atomic E-state index is -0.276. The van der Waals surface area contributed by atoms with Crippen LogP contribution in [-0.2, 0) is 5.41 Å². The molecule has 0 saturated carbocycles. The zero-order valence-corrected chi connectivity index (χ0v) is 15.2. The third-order valence-electron chi connectivity index (χ3n) is 5.28. The summed E-state index contributed by atoms with van der Waals surface area (Å²) in [6.07, 6.45) is 0. The second kappa shape index (κ2) is 5.15. The largest absolute Gasteiger partial charge is 0.507 e. The number of hydrogen-bond donors (Lipinski definition) is 1. The number of phenols is 1. The molecule has 1 N–H and O–H groups in total. The predicted molar refractivity (Wildman–Crippen MR) is 104 cm³/mol. The summed E-state index contributed by atoms with van der Waals surface area (Å²) in [4.78, 5) is 4.59. The highest BCUT2D eigenvalue weighted by Crippen LogP contribution is 2.51. The van der Waals surface area contributed by atoms with Gasteiger partial charge in [-0.3, -0.25) is 0 Å². The van der Waals surface area contributed by atoms with E-state index in [1.165, 1.54) is 34.6 Å². The van der Waals surface area contributed by atoms with Gasteiger partial charge < -0.3 is 5.11 Å². The highest BCUT2D eigenvalue weighted by Gasteiger charge is 2.36. The number of aromatic hydroxyl groups is 1. The van der Waals surface area contributed by atoms with Gasteiger partial charge in [0.05, 0.1) is 15.8 Å². The van der Waals surface area contributed by atoms with E-state index in [0.29, 0.717) is 10.6 Å². The first-order chi connectivity index (χ1) is 12.4. The molecule has 0 radical (unpaired) electrons. The maximum absolute atomic E-state index is 13.5. The zero-order chi connectivity index (χ0) is 18.1. The molecule has 0 saturated heterocycles. The van der Waals surface area contributed by atoms with Crippen molar-refractivity contribution >= 4 is 21.6 Å². The quantitative estimate of drug-likeness (QED) is 0.443. The average molecular weight is 361 g/mol. The fraction of sp³-hybridized carbons (Fsp3) is 0.136. The number of thiazole rings is 1. The maximum atomic E-state index is 13.5. The van der Waals surface area contributed by atoms with E-state index in [4.69, 9.17) is 0 Å². The molecule has 26 heavy (non-hydrogen) atoms. The van der Waals surface area contributed by atoms with Crippen molar-refractivity contribution in [3.05, 3.63) is 71.5 Å². The molecule has 1 aliphatic rings. The van der Waals surface area contributed by atoms with Crippen molar-refractivity contribution in [2.45, 2.75) is 19.3 Å². The summed E-state index contributed by atoms with van der Waals surface area (Å²) in [7, 11) is 0. The number of nitrogens with zero attached hydrogens (tertiary/aromatic N) is 1. The topological polar surface area (TPSA) is 33.1 Å². The molecule has 4 heteroatoms. The lowest BCUT2D eigenvalue weighted by atomic mass is 9.82. The van der Waals surface area contributed by atoms with Crippen LogP contribution in [0.4, 0.5) is 4.39 Å². The van der Waals surface area contributed by atoms with Crippen LogP contribution in [0.1, 0.15) is 25.0 Å². The highest BCUT2D eigenvalue weighted by atomic mass is 32.1. The van der Waals surface area contributed by atoms with Crippen LogP contribution in [0.5, 0.6) is 5.75 Å². The lowest BCUT2D eigenvalue weighted by Gasteiger charge is -2.21. The molecule has 0 unspecified atom stereocenters. The number of halogens is 1. The van der Waals surface area contributed by atoms with Gasteiger partial charge >= 0.3 is 0 Å². The first-order valence-electron chi connectivity index (χ1n) is 8.49. The molecule has 1 aliphatic carbocycles. The molecule has 2 nitrogen and oxygen atoms in total. The van der Waals surface area contributed by atoms with E-state index in [9.17, 15) is 9.50 Å². The summed E-state index contributed by atoms with van der Waals surface area (Å²) < 4.78 is 14.3. The van der Waals surface area contributed by atoms with Crippen LogP contribution in [0.2, 0.25) is 0 Å². The molecule has 1 heterocycles. The first-order valence-corrected chi connectivity index (χ1v) is 9.30. The molecule has 4 aromatic rings. The monoisotopic (exact) mass is 361 g/mol. The number of aromatic nitrogens is 1. The molecule has 1 aromatic heterocycles. The van der Waals surface area contributed by atoms with Crippen molar-refractivity contribution in [2.24, 2.45) is 0 Å². The van der Waals surface area contributed by atoms with E-state index >= 15 is 0 Å². The van der Waals surface area contributed by atoms with Gasteiger partial charge in [0.2, 0.25) is 0 Å². The molecule has 0 atom stereocenters. The molecule has 128 valence electrons. The second-order valence-corrected chi connectivity index (χ2v) is 8.25. The molecule has 0 bridgehead atoms. The fourth-order valence-corrected chi connectivity index (χ4v) is 4.94. The molecular formula is C22H16FNOS. The number of hydrogen-bond acceptors (Lipinski definition) is 3. The van der Waals surface area contributed by atoms with Gasteiger partial charge in [0.1, 0.15) is 16.6 Å². The minimum Gasteiger partial charge on any atom is -0.507 e. The van der Waals surface area contributed by atoms with Crippen molar-refractivity contribution in [1.82, 2.24) is 4.98 Å². The Labute approximate surface area is 154 Å². The molecule has 5 rings (SSSR count). The van der Waals surface area contributed by atoms with E-state index in [1.807, 2.05) is 18.2 Å². The van der Waals surface area contributed by atoms with Crippen molar-refractivity contribution in [3.8, 4) is 27.4 Å². The Bertz CT molecular complexity index is 1190. The predicted octanol–water partition coefficient (Wildman–Crippen LogP) is 6.11. The summed E-state index contributed by atoms with van der Waals surface area (Å²) in [5.74, 6) is -0.0642. The van der Waals surface area contributed by atoms with E-state index in [1.54, 1.807) is 6.07 Å². The lowest BCUT2D eigenvalue weighted by Crippen LogP contribution is -2.14. The zero-order valence-electron chi connectivity index (χ0n) is 14.4. The summed E-state index contributed by atoms with van der Waals surface area (Å²) in [6.45, 7) is 4.36. The summed E-state index contributed by atoms with van der Waals surface area (Å²) in [6, 6.07) is 16.8. The molecule has 0 fully saturated rings. The van der Waals surface area contributed by atoms with Crippen LogP contribution in [0, 0.1) is 5.82 Å². The minimum absolute atomic E-state index is 0.154. The van der Waals surface area contributed by atoms with Gasteiger partial charge in [-0.25, -0.2) is 9.37 Å². The summed E-state index contributed by atoms with van der Waals surface area (Å²) in [5.41, 5.74) is 5.98. The Morgan fingerprint density at radius 3 is 2.58 bits per heavy atom. The second-order valence-electron chi connectivity index (χ2n) is 7.22. The van der Waals surface area contributed by atoms with Crippen molar-refractivity contribution in [2.75, 3.05) is 0 Å². The van der Waals surface area contributed by atoms with Crippen LogP contribution >= 0.6 is 11.3 Å². The smallest absolute Gasteiger partial charge is 0.128 e. The molecule has 0 amide bonds. The Kier molecular flexibility index (Phi) is 3.07. The number of phenolic OH excluding ortho intramolecular Hbond substituents is 1. The third kappa shape index (κ3) is 2.05. The first kappa shape index (κ1) is 15.5. The molecular weight excluding hydrogens is 345 g/mol. The lowest BCUT2D eigenvalue weighted by molar-refractivity contribution is 0.475. The van der Waals surface area contributed by atoms with E-state index in [0.717, 1.165) is 21.3 Å². The van der Waals surface area contributed by atoms with Gasteiger partial charge in [-0.05, 0) is 52.6 Å². The Balaban J connectivity index is 1.76. The Morgan fingerprint density at radius 1 is 0.923 bits per heavy atom. The Morgan fingerprint density at radius 2 is 1.73 bits per heavy atom. The van der Waals surface area contributed by atoms with Crippen LogP contribution in [-0.4, -0.2) is 10.1 Å². The van der Waals surface area contributed by atoms with Crippen molar-refractivity contribution in [1.29, 1.82) is 0 Å². The van der Waals surface area contributed by atoms with Crippen LogP contribution in [0.3, 0.4) is 0 Å². The van der Waals surface area contributed by atoms with Gasteiger partial charge in [-0.2, -0.15) is 0 Å². The van der Waals surface area contributed by atoms with Crippen LogP contribution in [0.15, 0.2) is 54.6 Å². The molecule has 0 aliphatic heterocycles. The summed E-state index contributed by atoms with van der Waals surface area (Å²) >= 11 is 1.39. The SMILES string of the molecule is CC1(C)c2ccccc2-c2cc(-c3nc4ccc(F)cc4s3)c(O)cc21. The van der Waals surface area contributed by atoms with Crippen molar-refractivity contribution in [3.63, 3.8) is 0 Å². The number of fused-ring (bicyclic) bond motifs is 4. The number of rotatable bonds is 1. The highest BCUT2D eigenvalue weighted by molar-refractivity contribution is 7.21. The normalized spacial score (nSPS) is 14.4. The van der Waals surface area contributed by atoms with Gasteiger partial charge in [-0.1, -0.05) is 38.1 Å². The van der Waals surface area contributed by atoms with E-state index < -0.39 is 0 Å².